The van der Waals surface area contributed by atoms with Crippen molar-refractivity contribution in [1.29, 1.82) is 0 Å². The van der Waals surface area contributed by atoms with Crippen LogP contribution in [0.4, 0.5) is 0 Å². The number of aliphatic hydroxyl groups excluding tert-OH is 2. The number of thioether (sulfide) groups is 1. The largest absolute Gasteiger partial charge is 0.376 e. The lowest BCUT2D eigenvalue weighted by atomic mass is 10.3. The van der Waals surface area contributed by atoms with E-state index in [0.717, 1.165) is 4.90 Å². The summed E-state index contributed by atoms with van der Waals surface area (Å²) in [6.07, 6.45) is 1.34. The van der Waals surface area contributed by atoms with Crippen molar-refractivity contribution in [3.05, 3.63) is 0 Å². The van der Waals surface area contributed by atoms with Gasteiger partial charge in [0, 0.05) is 6.42 Å². The highest BCUT2D eigenvalue weighted by Crippen LogP contribution is 2.25. The van der Waals surface area contributed by atoms with Crippen LogP contribution in [-0.4, -0.2) is 45.5 Å². The van der Waals surface area contributed by atoms with Gasteiger partial charge < -0.3 is 10.2 Å². The van der Waals surface area contributed by atoms with Crippen molar-refractivity contribution in [2.24, 2.45) is 0 Å². The summed E-state index contributed by atoms with van der Waals surface area (Å²) in [5, 5.41) is 17.9. The lowest BCUT2D eigenvalue weighted by molar-refractivity contribution is -0.138. The van der Waals surface area contributed by atoms with Gasteiger partial charge in [-0.05, 0) is 6.26 Å². The molecule has 0 aromatic rings. The number of amides is 1. The third-order valence-electron chi connectivity index (χ3n) is 1.80. The highest BCUT2D eigenvalue weighted by molar-refractivity contribution is 7.99. The van der Waals surface area contributed by atoms with E-state index in [1.165, 1.54) is 11.8 Å². The fraction of sp³-hybridized carbons (Fsp3) is 0.833. The van der Waals surface area contributed by atoms with Gasteiger partial charge in [-0.2, -0.15) is 11.8 Å². The van der Waals surface area contributed by atoms with Crippen molar-refractivity contribution >= 4 is 17.7 Å². The Balaban J connectivity index is 2.62. The number of rotatable bonds is 2. The van der Waals surface area contributed by atoms with E-state index in [2.05, 4.69) is 0 Å². The normalized spacial score (nSPS) is 31.5. The zero-order valence-corrected chi connectivity index (χ0v) is 7.04. The van der Waals surface area contributed by atoms with Gasteiger partial charge in [0.05, 0.1) is 5.25 Å². The monoisotopic (exact) mass is 177 g/mol. The van der Waals surface area contributed by atoms with E-state index in [9.17, 15) is 9.90 Å². The summed E-state index contributed by atoms with van der Waals surface area (Å²) in [5.74, 6) is -0.181. The molecule has 1 saturated heterocycles. The van der Waals surface area contributed by atoms with Crippen LogP contribution in [0.3, 0.4) is 0 Å². The second-order valence-corrected chi connectivity index (χ2v) is 3.47. The van der Waals surface area contributed by atoms with Crippen LogP contribution in [0.5, 0.6) is 0 Å². The summed E-state index contributed by atoms with van der Waals surface area (Å²) in [4.78, 5) is 12.0. The molecule has 2 N–H and O–H groups in total. The maximum absolute atomic E-state index is 11.0. The highest BCUT2D eigenvalue weighted by atomic mass is 32.2. The summed E-state index contributed by atoms with van der Waals surface area (Å²) in [5.41, 5.74) is 0. The molecule has 2 atom stereocenters. The molecule has 0 bridgehead atoms. The molecular weight excluding hydrogens is 166 g/mol. The summed E-state index contributed by atoms with van der Waals surface area (Å²) in [7, 11) is 0. The van der Waals surface area contributed by atoms with Crippen LogP contribution in [0.15, 0.2) is 0 Å². The molecule has 0 aliphatic carbocycles. The highest BCUT2D eigenvalue weighted by Gasteiger charge is 2.37. The third kappa shape index (κ3) is 1.50. The minimum Gasteiger partial charge on any atom is -0.376 e. The van der Waals surface area contributed by atoms with Crippen molar-refractivity contribution < 1.29 is 15.0 Å². The van der Waals surface area contributed by atoms with Gasteiger partial charge in [0.25, 0.3) is 0 Å². The minimum atomic E-state index is -0.817. The molecule has 0 saturated carbocycles. The van der Waals surface area contributed by atoms with E-state index >= 15 is 0 Å². The van der Waals surface area contributed by atoms with Crippen LogP contribution < -0.4 is 0 Å². The van der Waals surface area contributed by atoms with Crippen molar-refractivity contribution in [1.82, 2.24) is 4.90 Å². The first-order valence-corrected chi connectivity index (χ1v) is 4.60. The van der Waals surface area contributed by atoms with Crippen LogP contribution in [0, 0.1) is 0 Å². The Morgan fingerprint density at radius 1 is 1.82 bits per heavy atom. The molecule has 0 spiro atoms. The van der Waals surface area contributed by atoms with Crippen LogP contribution in [0.1, 0.15) is 6.42 Å². The molecule has 0 aromatic carbocycles. The lowest BCUT2D eigenvalue weighted by Crippen LogP contribution is -2.36. The van der Waals surface area contributed by atoms with Crippen LogP contribution in [-0.2, 0) is 4.79 Å². The smallest absolute Gasteiger partial charge is 0.227 e. The molecule has 1 aliphatic heterocycles. The van der Waals surface area contributed by atoms with Gasteiger partial charge in [0.2, 0.25) is 5.91 Å². The maximum Gasteiger partial charge on any atom is 0.227 e. The molecule has 4 nitrogen and oxygen atoms in total. The maximum atomic E-state index is 11.0. The quantitative estimate of drug-likeness (QED) is 0.581. The first-order valence-electron chi connectivity index (χ1n) is 3.32. The first kappa shape index (κ1) is 8.83. The second kappa shape index (κ2) is 3.42. The summed E-state index contributed by atoms with van der Waals surface area (Å²) < 4.78 is 0. The summed E-state index contributed by atoms with van der Waals surface area (Å²) in [6, 6.07) is 0. The molecule has 11 heavy (non-hydrogen) atoms. The van der Waals surface area contributed by atoms with E-state index in [0.29, 0.717) is 6.42 Å². The molecule has 1 aliphatic rings. The van der Waals surface area contributed by atoms with Crippen molar-refractivity contribution in [2.45, 2.75) is 17.9 Å². The number of nitrogens with zero attached hydrogens (tertiary/aromatic N) is 1. The predicted octanol–water partition coefficient (Wildman–Crippen LogP) is -0.782. The Hall–Kier alpha value is -0.260. The van der Waals surface area contributed by atoms with Gasteiger partial charge in [-0.1, -0.05) is 0 Å². The standard InChI is InChI=1S/C6H11NO3S/c1-11-4-2-5(9)7(3-8)6(4)10/h4,6,8,10H,2-3H2,1H3. The number of carbonyl (C=O) groups excluding carboxylic acids is 1. The van der Waals surface area contributed by atoms with Gasteiger partial charge >= 0.3 is 0 Å². The van der Waals surface area contributed by atoms with E-state index in [-0.39, 0.29) is 11.2 Å². The molecule has 5 heteroatoms. The van der Waals surface area contributed by atoms with E-state index in [1.54, 1.807) is 0 Å². The van der Waals surface area contributed by atoms with E-state index < -0.39 is 13.0 Å². The molecule has 64 valence electrons. The Kier molecular flexibility index (Phi) is 2.75. The molecule has 1 heterocycles. The van der Waals surface area contributed by atoms with Gasteiger partial charge in [0.15, 0.2) is 0 Å². The van der Waals surface area contributed by atoms with Gasteiger partial charge in [-0.3, -0.25) is 9.69 Å². The topological polar surface area (TPSA) is 60.8 Å². The number of hydrogen-bond donors (Lipinski definition) is 2. The zero-order chi connectivity index (χ0) is 8.43. The van der Waals surface area contributed by atoms with Crippen molar-refractivity contribution in [3.8, 4) is 0 Å². The summed E-state index contributed by atoms with van der Waals surface area (Å²) >= 11 is 1.44. The van der Waals surface area contributed by atoms with Crippen molar-refractivity contribution in [2.75, 3.05) is 13.0 Å². The Bertz CT molecular complexity index is 164. The fourth-order valence-electron chi connectivity index (χ4n) is 1.11. The van der Waals surface area contributed by atoms with Crippen LogP contribution in [0.2, 0.25) is 0 Å². The molecule has 1 amide bonds. The van der Waals surface area contributed by atoms with Crippen LogP contribution in [0.25, 0.3) is 0 Å². The second-order valence-electron chi connectivity index (χ2n) is 2.40. The minimum absolute atomic E-state index is 0.0883. The average Bonchev–Trinajstić information content (AvgIpc) is 2.26. The fourth-order valence-corrected chi connectivity index (χ4v) is 1.81. The Morgan fingerprint density at radius 2 is 2.45 bits per heavy atom. The van der Waals surface area contributed by atoms with Crippen LogP contribution >= 0.6 is 11.8 Å². The molecule has 0 aromatic heterocycles. The molecule has 1 rings (SSSR count). The van der Waals surface area contributed by atoms with Crippen molar-refractivity contribution in [3.63, 3.8) is 0 Å². The van der Waals surface area contributed by atoms with Gasteiger partial charge in [-0.15, -0.1) is 0 Å². The lowest BCUT2D eigenvalue weighted by Gasteiger charge is -2.19. The molecule has 2 unspecified atom stereocenters. The van der Waals surface area contributed by atoms with Gasteiger partial charge in [0.1, 0.15) is 13.0 Å². The number of likely N-dealkylation sites (tertiary alicyclic amines) is 1. The third-order valence-corrected chi connectivity index (χ3v) is 2.82. The summed E-state index contributed by atoms with van der Waals surface area (Å²) in [6.45, 7) is -0.392. The Morgan fingerprint density at radius 3 is 2.73 bits per heavy atom. The first-order chi connectivity index (χ1) is 5.20. The SMILES string of the molecule is CSC1CC(=O)N(CO)C1O. The van der Waals surface area contributed by atoms with Gasteiger partial charge in [-0.25, -0.2) is 0 Å². The zero-order valence-electron chi connectivity index (χ0n) is 6.23. The molecule has 0 radical (unpaired) electrons. The number of aliphatic hydroxyl groups is 2. The number of carbonyl (C=O) groups is 1. The predicted molar refractivity (Wildman–Crippen MR) is 41.9 cm³/mol. The average molecular weight is 177 g/mol. The Labute approximate surface area is 69.2 Å². The van der Waals surface area contributed by atoms with E-state index in [4.69, 9.17) is 5.11 Å². The number of hydrogen-bond acceptors (Lipinski definition) is 4. The molecule has 1 fully saturated rings. The van der Waals surface area contributed by atoms with E-state index in [1.807, 2.05) is 6.26 Å². The molecular formula is C6H11NO3S.